The standard InChI is InChI=1S/C22H18BrN3O3/c1-13-19(20(26-29-13)14-7-9-16(23)10-8-14)21(27)15-11-18(24-12-15)22(28)25-17-5-3-2-4-6-17/h2-11,15,24H,12H2,1H3,(H,25,28). The van der Waals surface area contributed by atoms with Crippen molar-refractivity contribution < 1.29 is 14.1 Å². The number of amides is 1. The second-order valence-corrected chi connectivity index (χ2v) is 7.64. The fourth-order valence-electron chi connectivity index (χ4n) is 3.24. The number of nitrogens with zero attached hydrogens (tertiary/aromatic N) is 1. The molecule has 29 heavy (non-hydrogen) atoms. The Bertz CT molecular complexity index is 1090. The van der Waals surface area contributed by atoms with Gasteiger partial charge in [0.25, 0.3) is 5.91 Å². The summed E-state index contributed by atoms with van der Waals surface area (Å²) in [6, 6.07) is 16.7. The van der Waals surface area contributed by atoms with Crippen LogP contribution in [0.4, 0.5) is 5.69 Å². The monoisotopic (exact) mass is 451 g/mol. The molecule has 2 heterocycles. The summed E-state index contributed by atoms with van der Waals surface area (Å²) in [5.41, 5.74) is 2.83. The van der Waals surface area contributed by atoms with E-state index < -0.39 is 5.92 Å². The van der Waals surface area contributed by atoms with Crippen molar-refractivity contribution in [2.45, 2.75) is 6.92 Å². The third-order valence-corrected chi connectivity index (χ3v) is 5.25. The summed E-state index contributed by atoms with van der Waals surface area (Å²) in [4.78, 5) is 25.7. The second-order valence-electron chi connectivity index (χ2n) is 6.72. The van der Waals surface area contributed by atoms with E-state index in [-0.39, 0.29) is 11.7 Å². The minimum atomic E-state index is -0.473. The Morgan fingerprint density at radius 1 is 1.14 bits per heavy atom. The number of Topliss-reactive ketones (excluding diaryl/α,β-unsaturated/α-hetero) is 1. The number of benzene rings is 2. The first-order valence-electron chi connectivity index (χ1n) is 9.11. The van der Waals surface area contributed by atoms with E-state index in [9.17, 15) is 9.59 Å². The van der Waals surface area contributed by atoms with Gasteiger partial charge in [-0.15, -0.1) is 0 Å². The number of para-hydroxylation sites is 1. The van der Waals surface area contributed by atoms with E-state index >= 15 is 0 Å². The highest BCUT2D eigenvalue weighted by Gasteiger charge is 2.31. The molecule has 0 saturated carbocycles. The van der Waals surface area contributed by atoms with E-state index in [1.165, 1.54) is 0 Å². The molecule has 4 rings (SSSR count). The molecule has 3 aromatic rings. The molecule has 7 heteroatoms. The van der Waals surface area contributed by atoms with Crippen LogP contribution in [0.25, 0.3) is 11.3 Å². The van der Waals surface area contributed by atoms with Gasteiger partial charge >= 0.3 is 0 Å². The zero-order chi connectivity index (χ0) is 20.4. The molecule has 1 amide bonds. The number of rotatable bonds is 5. The van der Waals surface area contributed by atoms with E-state index in [4.69, 9.17) is 4.52 Å². The average Bonchev–Trinajstić information content (AvgIpc) is 3.36. The van der Waals surface area contributed by atoms with Crippen molar-refractivity contribution in [2.24, 2.45) is 5.92 Å². The molecule has 0 bridgehead atoms. The quantitative estimate of drug-likeness (QED) is 0.563. The van der Waals surface area contributed by atoms with Crippen LogP contribution in [0.3, 0.4) is 0 Å². The second kappa shape index (κ2) is 8.05. The summed E-state index contributed by atoms with van der Waals surface area (Å²) in [6.45, 7) is 2.07. The van der Waals surface area contributed by atoms with Crippen LogP contribution in [0.5, 0.6) is 0 Å². The summed E-state index contributed by atoms with van der Waals surface area (Å²) in [5.74, 6) is -0.416. The smallest absolute Gasteiger partial charge is 0.271 e. The molecule has 1 aromatic heterocycles. The third kappa shape index (κ3) is 4.00. The first kappa shape index (κ1) is 19.1. The Kier molecular flexibility index (Phi) is 5.31. The predicted octanol–water partition coefficient (Wildman–Crippen LogP) is 4.34. The highest BCUT2D eigenvalue weighted by molar-refractivity contribution is 9.10. The molecule has 0 fully saturated rings. The first-order valence-corrected chi connectivity index (χ1v) is 9.91. The van der Waals surface area contributed by atoms with Gasteiger partial charge in [-0.3, -0.25) is 9.59 Å². The number of carbonyl (C=O) groups excluding carboxylic acids is 2. The topological polar surface area (TPSA) is 84.2 Å². The number of halogens is 1. The molecule has 0 saturated heterocycles. The summed E-state index contributed by atoms with van der Waals surface area (Å²) in [5, 5.41) is 9.93. The lowest BCUT2D eigenvalue weighted by molar-refractivity contribution is -0.113. The maximum Gasteiger partial charge on any atom is 0.271 e. The van der Waals surface area contributed by atoms with E-state index in [0.29, 0.717) is 34.9 Å². The number of ketones is 1. The SMILES string of the molecule is Cc1onc(-c2ccc(Br)cc2)c1C(=O)C1C=C(C(=O)Nc2ccccc2)NC1. The molecule has 6 nitrogen and oxygen atoms in total. The summed E-state index contributed by atoms with van der Waals surface area (Å²) in [7, 11) is 0. The minimum absolute atomic E-state index is 0.128. The van der Waals surface area contributed by atoms with Crippen molar-refractivity contribution in [2.75, 3.05) is 11.9 Å². The van der Waals surface area contributed by atoms with Crippen LogP contribution in [0, 0.1) is 12.8 Å². The average molecular weight is 452 g/mol. The van der Waals surface area contributed by atoms with Crippen LogP contribution >= 0.6 is 15.9 Å². The van der Waals surface area contributed by atoms with E-state index in [1.54, 1.807) is 25.1 Å². The number of hydrogen-bond donors (Lipinski definition) is 2. The van der Waals surface area contributed by atoms with Gasteiger partial charge in [0.15, 0.2) is 5.78 Å². The van der Waals surface area contributed by atoms with E-state index in [0.717, 1.165) is 10.0 Å². The third-order valence-electron chi connectivity index (χ3n) is 4.72. The molecule has 0 radical (unpaired) electrons. The van der Waals surface area contributed by atoms with E-state index in [1.807, 2.05) is 42.5 Å². The maximum atomic E-state index is 13.2. The van der Waals surface area contributed by atoms with Gasteiger partial charge in [-0.2, -0.15) is 0 Å². The van der Waals surface area contributed by atoms with Crippen LogP contribution in [-0.4, -0.2) is 23.4 Å². The Balaban J connectivity index is 1.56. The number of nitrogens with one attached hydrogen (secondary N) is 2. The van der Waals surface area contributed by atoms with Gasteiger partial charge in [0.2, 0.25) is 0 Å². The van der Waals surface area contributed by atoms with Crippen molar-refractivity contribution >= 4 is 33.3 Å². The van der Waals surface area contributed by atoms with Crippen LogP contribution < -0.4 is 10.6 Å². The molecule has 1 aliphatic heterocycles. The van der Waals surface area contributed by atoms with Crippen LogP contribution in [0.1, 0.15) is 16.1 Å². The molecule has 1 aliphatic rings. The van der Waals surface area contributed by atoms with Crippen LogP contribution in [0.15, 0.2) is 75.4 Å². The molecule has 1 unspecified atom stereocenters. The Morgan fingerprint density at radius 3 is 2.59 bits per heavy atom. The highest BCUT2D eigenvalue weighted by atomic mass is 79.9. The molecule has 0 aliphatic carbocycles. The van der Waals surface area contributed by atoms with Gasteiger partial charge < -0.3 is 15.2 Å². The zero-order valence-electron chi connectivity index (χ0n) is 15.6. The van der Waals surface area contributed by atoms with Gasteiger partial charge in [0.05, 0.1) is 17.2 Å². The fourth-order valence-corrected chi connectivity index (χ4v) is 3.50. The minimum Gasteiger partial charge on any atom is -0.380 e. The van der Waals surface area contributed by atoms with Gasteiger partial charge in [0.1, 0.15) is 11.5 Å². The number of aromatic nitrogens is 1. The fraction of sp³-hybridized carbons (Fsp3) is 0.136. The lowest BCUT2D eigenvalue weighted by atomic mass is 9.94. The molecule has 2 aromatic carbocycles. The lowest BCUT2D eigenvalue weighted by Gasteiger charge is -2.07. The lowest BCUT2D eigenvalue weighted by Crippen LogP contribution is -2.24. The van der Waals surface area contributed by atoms with Gasteiger partial charge in [0, 0.05) is 22.3 Å². The Labute approximate surface area is 176 Å². The normalized spacial score (nSPS) is 15.5. The summed E-state index contributed by atoms with van der Waals surface area (Å²) >= 11 is 3.40. The van der Waals surface area contributed by atoms with Crippen molar-refractivity contribution in [1.29, 1.82) is 0 Å². The predicted molar refractivity (Wildman–Crippen MR) is 113 cm³/mol. The summed E-state index contributed by atoms with van der Waals surface area (Å²) < 4.78 is 6.25. The molecular formula is C22H18BrN3O3. The Morgan fingerprint density at radius 2 is 1.86 bits per heavy atom. The van der Waals surface area contributed by atoms with Crippen molar-refractivity contribution in [3.63, 3.8) is 0 Å². The van der Waals surface area contributed by atoms with Crippen molar-refractivity contribution in [1.82, 2.24) is 10.5 Å². The highest BCUT2D eigenvalue weighted by Crippen LogP contribution is 2.30. The van der Waals surface area contributed by atoms with Crippen molar-refractivity contribution in [3.05, 3.63) is 82.2 Å². The van der Waals surface area contributed by atoms with Gasteiger partial charge in [-0.1, -0.05) is 51.4 Å². The van der Waals surface area contributed by atoms with Crippen LogP contribution in [-0.2, 0) is 4.79 Å². The first-order chi connectivity index (χ1) is 14.0. The van der Waals surface area contributed by atoms with Crippen molar-refractivity contribution in [3.8, 4) is 11.3 Å². The number of hydrogen-bond acceptors (Lipinski definition) is 5. The van der Waals surface area contributed by atoms with E-state index in [2.05, 4.69) is 31.7 Å². The van der Waals surface area contributed by atoms with Crippen LogP contribution in [0.2, 0.25) is 0 Å². The van der Waals surface area contributed by atoms with Gasteiger partial charge in [-0.05, 0) is 37.3 Å². The molecule has 2 N–H and O–H groups in total. The number of aryl methyl sites for hydroxylation is 1. The largest absolute Gasteiger partial charge is 0.380 e. The molecule has 1 atom stereocenters. The molecule has 146 valence electrons. The Hall–Kier alpha value is -3.19. The van der Waals surface area contributed by atoms with Gasteiger partial charge in [-0.25, -0.2) is 0 Å². The summed E-state index contributed by atoms with van der Waals surface area (Å²) in [6.07, 6.45) is 1.67. The number of anilines is 1. The zero-order valence-corrected chi connectivity index (χ0v) is 17.2. The molecular weight excluding hydrogens is 434 g/mol. The number of carbonyl (C=O) groups is 2. The maximum absolute atomic E-state index is 13.2. The molecule has 0 spiro atoms.